The molecule has 0 saturated carbocycles. The molecule has 2 aromatic heterocycles. The minimum absolute atomic E-state index is 0.603. The van der Waals surface area contributed by atoms with Crippen LogP contribution in [0.5, 0.6) is 0 Å². The molecule has 5 heteroatoms. The van der Waals surface area contributed by atoms with Gasteiger partial charge in [-0.05, 0) is 41.0 Å². The fraction of sp³-hybridized carbons (Fsp3) is 0.0294. The van der Waals surface area contributed by atoms with E-state index < -0.39 is 0 Å². The van der Waals surface area contributed by atoms with Gasteiger partial charge in [0.05, 0.1) is 0 Å². The number of fused-ring (bicyclic) bond motifs is 3. The Kier molecular flexibility index (Phi) is 5.75. The van der Waals surface area contributed by atoms with E-state index in [1.54, 1.807) is 0 Å². The Labute approximate surface area is 227 Å². The Balaban J connectivity index is 1.33. The summed E-state index contributed by atoms with van der Waals surface area (Å²) in [5, 5.41) is 2.14. The molecular formula is C34H24BN3O. The Bertz CT molecular complexity index is 1950. The topological polar surface area (TPSA) is 51.8 Å². The molecule has 0 spiro atoms. The fourth-order valence-corrected chi connectivity index (χ4v) is 5.00. The highest BCUT2D eigenvalue weighted by atomic mass is 16.3. The number of para-hydroxylation sites is 1. The second kappa shape index (κ2) is 9.69. The van der Waals surface area contributed by atoms with Crippen molar-refractivity contribution in [2.24, 2.45) is 0 Å². The zero-order valence-corrected chi connectivity index (χ0v) is 21.5. The quantitative estimate of drug-likeness (QED) is 0.249. The van der Waals surface area contributed by atoms with Gasteiger partial charge in [-0.15, -0.1) is 0 Å². The van der Waals surface area contributed by atoms with Crippen LogP contribution in [0.2, 0.25) is 0 Å². The molecular weight excluding hydrogens is 477 g/mol. The molecule has 0 aliphatic carbocycles. The third kappa shape index (κ3) is 4.60. The van der Waals surface area contributed by atoms with Gasteiger partial charge in [-0.2, -0.15) is 0 Å². The molecule has 0 N–H and O–H groups in total. The Hall–Kier alpha value is -5.03. The third-order valence-electron chi connectivity index (χ3n) is 7.02. The first-order valence-corrected chi connectivity index (χ1v) is 13.1. The minimum atomic E-state index is 0.603. The first kappa shape index (κ1) is 23.1. The van der Waals surface area contributed by atoms with Gasteiger partial charge in [0.2, 0.25) is 0 Å². The summed E-state index contributed by atoms with van der Waals surface area (Å²) in [5.74, 6) is 2.06. The molecule has 0 bridgehead atoms. The van der Waals surface area contributed by atoms with Gasteiger partial charge in [0.25, 0.3) is 0 Å². The van der Waals surface area contributed by atoms with E-state index >= 15 is 0 Å². The predicted molar refractivity (Wildman–Crippen MR) is 161 cm³/mol. The van der Waals surface area contributed by atoms with Crippen LogP contribution in [0.3, 0.4) is 0 Å². The van der Waals surface area contributed by atoms with Crippen LogP contribution in [0.1, 0.15) is 11.4 Å². The van der Waals surface area contributed by atoms with Gasteiger partial charge in [0, 0.05) is 28.3 Å². The van der Waals surface area contributed by atoms with Crippen molar-refractivity contribution < 1.29 is 4.42 Å². The molecule has 0 aliphatic heterocycles. The van der Waals surface area contributed by atoms with Crippen molar-refractivity contribution in [1.82, 2.24) is 15.0 Å². The molecule has 39 heavy (non-hydrogen) atoms. The number of rotatable bonds is 5. The maximum atomic E-state index is 6.04. The van der Waals surface area contributed by atoms with Crippen LogP contribution in [0.15, 0.2) is 126 Å². The molecule has 0 radical (unpaired) electrons. The smallest absolute Gasteiger partial charge is 0.163 e. The van der Waals surface area contributed by atoms with E-state index in [-0.39, 0.29) is 0 Å². The summed E-state index contributed by atoms with van der Waals surface area (Å²) in [6.45, 7) is 0. The Morgan fingerprint density at radius 3 is 2.05 bits per heavy atom. The number of hydrogen-bond donors (Lipinski definition) is 0. The van der Waals surface area contributed by atoms with Gasteiger partial charge in [0.1, 0.15) is 24.8 Å². The average molecular weight is 501 g/mol. The average Bonchev–Trinajstić information content (AvgIpc) is 3.36. The molecule has 2 heterocycles. The monoisotopic (exact) mass is 501 g/mol. The zero-order chi connectivity index (χ0) is 26.2. The number of benzene rings is 5. The molecule has 0 atom stereocenters. The van der Waals surface area contributed by atoms with Gasteiger partial charge in [-0.1, -0.05) is 103 Å². The largest absolute Gasteiger partial charge is 0.456 e. The minimum Gasteiger partial charge on any atom is -0.456 e. The lowest BCUT2D eigenvalue weighted by Crippen LogP contribution is -2.05. The number of nitrogens with zero attached hydrogens (tertiary/aromatic N) is 3. The second-order valence-corrected chi connectivity index (χ2v) is 9.82. The predicted octanol–water partition coefficient (Wildman–Crippen LogP) is 6.62. The van der Waals surface area contributed by atoms with Gasteiger partial charge in [0.15, 0.2) is 11.6 Å². The molecule has 5 aromatic carbocycles. The summed E-state index contributed by atoms with van der Waals surface area (Å²) in [5.41, 5.74) is 8.35. The van der Waals surface area contributed by atoms with Gasteiger partial charge >= 0.3 is 0 Å². The highest BCUT2D eigenvalue weighted by Gasteiger charge is 2.14. The van der Waals surface area contributed by atoms with Crippen LogP contribution in [0, 0.1) is 0 Å². The van der Waals surface area contributed by atoms with E-state index in [2.05, 4.69) is 92.8 Å². The molecule has 0 unspecified atom stereocenters. The Morgan fingerprint density at radius 1 is 0.513 bits per heavy atom. The van der Waals surface area contributed by atoms with Crippen molar-refractivity contribution in [3.63, 3.8) is 0 Å². The lowest BCUT2D eigenvalue weighted by molar-refractivity contribution is 0.669. The standard InChI is InChI=1S/C34H24BN3O/c35-27-16-13-24(14-17-27)33-36-32(20-22-7-6-10-25(19-22)23-8-2-1-3-9-23)37-34(38-33)26-15-18-31-29(21-26)28-11-4-5-12-30(28)39-31/h1-19,21H,20,35H2. The van der Waals surface area contributed by atoms with Crippen LogP contribution in [0.25, 0.3) is 55.8 Å². The van der Waals surface area contributed by atoms with Crippen molar-refractivity contribution in [3.8, 4) is 33.9 Å². The Morgan fingerprint density at radius 2 is 1.21 bits per heavy atom. The van der Waals surface area contributed by atoms with Crippen LogP contribution >= 0.6 is 0 Å². The number of aromatic nitrogens is 3. The molecule has 0 amide bonds. The lowest BCUT2D eigenvalue weighted by atomic mass is 9.95. The molecule has 4 nitrogen and oxygen atoms in total. The van der Waals surface area contributed by atoms with E-state index in [0.717, 1.165) is 44.5 Å². The van der Waals surface area contributed by atoms with Crippen LogP contribution < -0.4 is 5.46 Å². The molecule has 184 valence electrons. The molecule has 0 fully saturated rings. The van der Waals surface area contributed by atoms with E-state index in [4.69, 9.17) is 19.4 Å². The van der Waals surface area contributed by atoms with E-state index in [9.17, 15) is 0 Å². The number of furan rings is 1. The first-order chi connectivity index (χ1) is 19.2. The van der Waals surface area contributed by atoms with Crippen molar-refractivity contribution in [3.05, 3.63) is 133 Å². The highest BCUT2D eigenvalue weighted by Crippen LogP contribution is 2.32. The van der Waals surface area contributed by atoms with Crippen LogP contribution in [-0.2, 0) is 6.42 Å². The summed E-state index contributed by atoms with van der Waals surface area (Å²) in [4.78, 5) is 14.8. The third-order valence-corrected chi connectivity index (χ3v) is 7.02. The molecule has 0 saturated heterocycles. The van der Waals surface area contributed by atoms with Crippen molar-refractivity contribution in [2.75, 3.05) is 0 Å². The summed E-state index contributed by atoms with van der Waals surface area (Å²) in [7, 11) is 2.08. The fourth-order valence-electron chi connectivity index (χ4n) is 5.00. The highest BCUT2D eigenvalue weighted by molar-refractivity contribution is 6.32. The molecule has 7 aromatic rings. The van der Waals surface area contributed by atoms with E-state index in [0.29, 0.717) is 18.1 Å². The summed E-state index contributed by atoms with van der Waals surface area (Å²) in [6.07, 6.45) is 0.603. The molecule has 0 aliphatic rings. The molecule has 7 rings (SSSR count). The van der Waals surface area contributed by atoms with Gasteiger partial charge in [-0.3, -0.25) is 0 Å². The normalized spacial score (nSPS) is 11.3. The first-order valence-electron chi connectivity index (χ1n) is 13.1. The van der Waals surface area contributed by atoms with E-state index in [1.165, 1.54) is 16.6 Å². The summed E-state index contributed by atoms with van der Waals surface area (Å²) >= 11 is 0. The van der Waals surface area contributed by atoms with Gasteiger partial charge in [-0.25, -0.2) is 15.0 Å². The maximum Gasteiger partial charge on any atom is 0.163 e. The summed E-state index contributed by atoms with van der Waals surface area (Å²) in [6, 6.07) is 41.6. The second-order valence-electron chi connectivity index (χ2n) is 9.82. The van der Waals surface area contributed by atoms with Crippen LogP contribution in [-0.4, -0.2) is 22.8 Å². The van der Waals surface area contributed by atoms with Crippen molar-refractivity contribution in [2.45, 2.75) is 6.42 Å². The van der Waals surface area contributed by atoms with Crippen molar-refractivity contribution in [1.29, 1.82) is 0 Å². The summed E-state index contributed by atoms with van der Waals surface area (Å²) < 4.78 is 6.04. The van der Waals surface area contributed by atoms with Crippen molar-refractivity contribution >= 4 is 35.2 Å². The SMILES string of the molecule is Bc1ccc(-c2nc(Cc3cccc(-c4ccccc4)c3)nc(-c3ccc4oc5ccccc5c4c3)n2)cc1. The van der Waals surface area contributed by atoms with Gasteiger partial charge < -0.3 is 4.42 Å². The number of hydrogen-bond acceptors (Lipinski definition) is 4. The zero-order valence-electron chi connectivity index (χ0n) is 21.5. The van der Waals surface area contributed by atoms with Crippen LogP contribution in [0.4, 0.5) is 0 Å². The maximum absolute atomic E-state index is 6.04. The lowest BCUT2D eigenvalue weighted by Gasteiger charge is -2.10. The van der Waals surface area contributed by atoms with E-state index in [1.807, 2.05) is 36.4 Å².